The zero-order valence-electron chi connectivity index (χ0n) is 9.84. The fraction of sp³-hybridized carbons (Fsp3) is 1.00. The molecule has 1 aliphatic carbocycles. The Hall–Kier alpha value is -0.0800. The molecule has 1 heterocycles. The summed E-state index contributed by atoms with van der Waals surface area (Å²) in [6, 6.07) is 1.56. The second kappa shape index (κ2) is 3.82. The maximum atomic E-state index is 3.39. The number of piperidine rings is 1. The number of hydrogen-bond donors (Lipinski definition) is 1. The van der Waals surface area contributed by atoms with E-state index in [2.05, 4.69) is 31.1 Å². The number of rotatable bonds is 2. The van der Waals surface area contributed by atoms with E-state index in [0.29, 0.717) is 0 Å². The van der Waals surface area contributed by atoms with Crippen LogP contribution < -0.4 is 5.32 Å². The van der Waals surface area contributed by atoms with E-state index in [1.165, 1.54) is 38.8 Å². The summed E-state index contributed by atoms with van der Waals surface area (Å²) in [5.41, 5.74) is 0.735. The van der Waals surface area contributed by atoms with Gasteiger partial charge in [-0.2, -0.15) is 0 Å². The Morgan fingerprint density at radius 3 is 2.21 bits per heavy atom. The Kier molecular flexibility index (Phi) is 2.85. The molecule has 1 N–H and O–H groups in total. The summed E-state index contributed by atoms with van der Waals surface area (Å²) in [5, 5.41) is 3.39. The lowest BCUT2D eigenvalue weighted by molar-refractivity contribution is -0.000373. The highest BCUT2D eigenvalue weighted by molar-refractivity contribution is 5.00. The molecule has 0 bridgehead atoms. The van der Waals surface area contributed by atoms with Crippen LogP contribution in [-0.4, -0.2) is 37.1 Å². The molecule has 82 valence electrons. The molecule has 2 rings (SSSR count). The molecule has 1 spiro atoms. The van der Waals surface area contributed by atoms with E-state index in [0.717, 1.165) is 17.5 Å². The monoisotopic (exact) mass is 196 g/mol. The SMILES string of the molecule is CNC1CC2(CCN(C(C)C)CC2)C1. The average Bonchev–Trinajstić information content (AvgIpc) is 2.14. The van der Waals surface area contributed by atoms with Gasteiger partial charge >= 0.3 is 0 Å². The Bertz CT molecular complexity index is 184. The maximum Gasteiger partial charge on any atom is 0.00746 e. The summed E-state index contributed by atoms with van der Waals surface area (Å²) in [6.07, 6.45) is 5.72. The van der Waals surface area contributed by atoms with Crippen LogP contribution in [0, 0.1) is 5.41 Å². The molecular weight excluding hydrogens is 172 g/mol. The Labute approximate surface area is 88.1 Å². The van der Waals surface area contributed by atoms with Crippen LogP contribution in [0.4, 0.5) is 0 Å². The van der Waals surface area contributed by atoms with Gasteiger partial charge in [-0.15, -0.1) is 0 Å². The second-order valence-corrected chi connectivity index (χ2v) is 5.52. The number of nitrogens with zero attached hydrogens (tertiary/aromatic N) is 1. The molecular formula is C12H24N2. The van der Waals surface area contributed by atoms with Gasteiger partial charge in [0.25, 0.3) is 0 Å². The minimum absolute atomic E-state index is 0.735. The van der Waals surface area contributed by atoms with Crippen LogP contribution in [-0.2, 0) is 0 Å². The van der Waals surface area contributed by atoms with Crippen molar-refractivity contribution in [1.29, 1.82) is 0 Å². The van der Waals surface area contributed by atoms with Crippen molar-refractivity contribution in [2.45, 2.75) is 51.6 Å². The van der Waals surface area contributed by atoms with Crippen LogP contribution >= 0.6 is 0 Å². The van der Waals surface area contributed by atoms with Crippen molar-refractivity contribution in [3.63, 3.8) is 0 Å². The summed E-state index contributed by atoms with van der Waals surface area (Å²) in [4.78, 5) is 2.62. The van der Waals surface area contributed by atoms with Crippen LogP contribution in [0.1, 0.15) is 39.5 Å². The van der Waals surface area contributed by atoms with Gasteiger partial charge in [0.15, 0.2) is 0 Å². The zero-order valence-corrected chi connectivity index (χ0v) is 9.84. The first-order valence-corrected chi connectivity index (χ1v) is 6.06. The molecule has 2 heteroatoms. The predicted molar refractivity (Wildman–Crippen MR) is 60.5 cm³/mol. The fourth-order valence-electron chi connectivity index (χ4n) is 3.11. The van der Waals surface area contributed by atoms with Crippen LogP contribution in [0.15, 0.2) is 0 Å². The first-order chi connectivity index (χ1) is 6.65. The number of hydrogen-bond acceptors (Lipinski definition) is 2. The van der Waals surface area contributed by atoms with Gasteiger partial charge in [-0.25, -0.2) is 0 Å². The third-order valence-electron chi connectivity index (χ3n) is 4.36. The summed E-state index contributed by atoms with van der Waals surface area (Å²) < 4.78 is 0. The van der Waals surface area contributed by atoms with Gasteiger partial charge in [-0.3, -0.25) is 0 Å². The van der Waals surface area contributed by atoms with E-state index >= 15 is 0 Å². The predicted octanol–water partition coefficient (Wildman–Crippen LogP) is 1.86. The molecule has 0 aromatic heterocycles. The van der Waals surface area contributed by atoms with Gasteiger partial charge in [0.1, 0.15) is 0 Å². The van der Waals surface area contributed by atoms with E-state index in [1.54, 1.807) is 0 Å². The van der Waals surface area contributed by atoms with Crippen molar-refractivity contribution >= 4 is 0 Å². The molecule has 1 aliphatic heterocycles. The number of nitrogens with one attached hydrogen (secondary N) is 1. The topological polar surface area (TPSA) is 15.3 Å². The van der Waals surface area contributed by atoms with Gasteiger partial charge in [-0.05, 0) is 65.1 Å². The van der Waals surface area contributed by atoms with Crippen molar-refractivity contribution in [1.82, 2.24) is 10.2 Å². The van der Waals surface area contributed by atoms with Crippen LogP contribution in [0.25, 0.3) is 0 Å². The van der Waals surface area contributed by atoms with E-state index in [9.17, 15) is 0 Å². The molecule has 0 amide bonds. The molecule has 2 fully saturated rings. The van der Waals surface area contributed by atoms with Crippen LogP contribution in [0.3, 0.4) is 0 Å². The average molecular weight is 196 g/mol. The first-order valence-electron chi connectivity index (χ1n) is 6.06. The third-order valence-corrected chi connectivity index (χ3v) is 4.36. The van der Waals surface area contributed by atoms with Gasteiger partial charge in [0.05, 0.1) is 0 Å². The minimum atomic E-state index is 0.735. The van der Waals surface area contributed by atoms with E-state index in [-0.39, 0.29) is 0 Å². The molecule has 0 unspecified atom stereocenters. The smallest absolute Gasteiger partial charge is 0.00746 e. The molecule has 1 saturated carbocycles. The zero-order chi connectivity index (χ0) is 10.2. The molecule has 0 radical (unpaired) electrons. The van der Waals surface area contributed by atoms with Crippen molar-refractivity contribution in [3.8, 4) is 0 Å². The van der Waals surface area contributed by atoms with Crippen LogP contribution in [0.5, 0.6) is 0 Å². The molecule has 0 aromatic carbocycles. The van der Waals surface area contributed by atoms with Crippen molar-refractivity contribution < 1.29 is 0 Å². The number of likely N-dealkylation sites (tertiary alicyclic amines) is 1. The first kappa shape index (κ1) is 10.4. The molecule has 0 atom stereocenters. The van der Waals surface area contributed by atoms with E-state index < -0.39 is 0 Å². The van der Waals surface area contributed by atoms with E-state index in [4.69, 9.17) is 0 Å². The molecule has 2 nitrogen and oxygen atoms in total. The van der Waals surface area contributed by atoms with E-state index in [1.807, 2.05) is 0 Å². The normalized spacial score (nSPS) is 28.3. The van der Waals surface area contributed by atoms with Crippen LogP contribution in [0.2, 0.25) is 0 Å². The molecule has 1 saturated heterocycles. The summed E-state index contributed by atoms with van der Waals surface area (Å²) in [6.45, 7) is 7.28. The van der Waals surface area contributed by atoms with Crippen molar-refractivity contribution in [2.75, 3.05) is 20.1 Å². The highest BCUT2D eigenvalue weighted by Gasteiger charge is 2.45. The largest absolute Gasteiger partial charge is 0.317 e. The molecule has 14 heavy (non-hydrogen) atoms. The Morgan fingerprint density at radius 1 is 1.21 bits per heavy atom. The fourth-order valence-corrected chi connectivity index (χ4v) is 3.11. The highest BCUT2D eigenvalue weighted by atomic mass is 15.2. The highest BCUT2D eigenvalue weighted by Crippen LogP contribution is 2.49. The Morgan fingerprint density at radius 2 is 1.79 bits per heavy atom. The maximum absolute atomic E-state index is 3.39. The van der Waals surface area contributed by atoms with Gasteiger partial charge < -0.3 is 10.2 Å². The Balaban J connectivity index is 1.80. The second-order valence-electron chi connectivity index (χ2n) is 5.52. The summed E-state index contributed by atoms with van der Waals surface area (Å²) in [5.74, 6) is 0. The molecule has 2 aliphatic rings. The summed E-state index contributed by atoms with van der Waals surface area (Å²) in [7, 11) is 2.10. The van der Waals surface area contributed by atoms with Crippen molar-refractivity contribution in [3.05, 3.63) is 0 Å². The lowest BCUT2D eigenvalue weighted by Crippen LogP contribution is -2.53. The van der Waals surface area contributed by atoms with Gasteiger partial charge in [0, 0.05) is 12.1 Å². The standard InChI is InChI=1S/C12H24N2/c1-10(2)14-6-4-12(5-7-14)8-11(9-12)13-3/h10-11,13H,4-9H2,1-3H3. The minimum Gasteiger partial charge on any atom is -0.317 e. The summed E-state index contributed by atoms with van der Waals surface area (Å²) >= 11 is 0. The lowest BCUT2D eigenvalue weighted by atomic mass is 9.60. The molecule has 0 aromatic rings. The quantitative estimate of drug-likeness (QED) is 0.725. The van der Waals surface area contributed by atoms with Crippen molar-refractivity contribution in [2.24, 2.45) is 5.41 Å². The third kappa shape index (κ3) is 1.82. The van der Waals surface area contributed by atoms with Gasteiger partial charge in [-0.1, -0.05) is 0 Å². The van der Waals surface area contributed by atoms with Gasteiger partial charge in [0.2, 0.25) is 0 Å². The lowest BCUT2D eigenvalue weighted by Gasteiger charge is -2.53.